The molecule has 1 aromatic carbocycles. The summed E-state index contributed by atoms with van der Waals surface area (Å²) in [6.45, 7) is 4.24. The monoisotopic (exact) mass is 271 g/mol. The molecule has 4 N–H and O–H groups in total. The highest BCUT2D eigenvalue weighted by Gasteiger charge is 2.13. The van der Waals surface area contributed by atoms with Gasteiger partial charge in [-0.2, -0.15) is 0 Å². The number of nitrogen functional groups attached to an aromatic ring is 1. The van der Waals surface area contributed by atoms with E-state index in [0.717, 1.165) is 24.2 Å². The molecule has 0 bridgehead atoms. The minimum atomic E-state index is 0.173. The second-order valence-corrected chi connectivity index (χ2v) is 4.72. The van der Waals surface area contributed by atoms with Gasteiger partial charge in [0.2, 0.25) is 0 Å². The molecule has 1 unspecified atom stereocenters. The summed E-state index contributed by atoms with van der Waals surface area (Å²) in [7, 11) is 0. The maximum absolute atomic E-state index is 5.52. The Hall–Kier alpha value is -2.14. The van der Waals surface area contributed by atoms with Crippen molar-refractivity contribution in [2.75, 3.05) is 10.7 Å². The third-order valence-electron chi connectivity index (χ3n) is 3.23. The number of nitrogens with one attached hydrogen (secondary N) is 2. The smallest absolute Gasteiger partial charge is 0.148 e. The number of benzene rings is 1. The number of hydrazine groups is 1. The van der Waals surface area contributed by atoms with Crippen LogP contribution in [-0.4, -0.2) is 9.97 Å². The highest BCUT2D eigenvalue weighted by molar-refractivity contribution is 5.57. The molecule has 20 heavy (non-hydrogen) atoms. The first-order valence-electron chi connectivity index (χ1n) is 6.88. The summed E-state index contributed by atoms with van der Waals surface area (Å²) < 4.78 is 0. The van der Waals surface area contributed by atoms with Crippen LogP contribution in [0.3, 0.4) is 0 Å². The van der Waals surface area contributed by atoms with Gasteiger partial charge in [-0.3, -0.25) is 0 Å². The Morgan fingerprint density at radius 1 is 1.15 bits per heavy atom. The second-order valence-electron chi connectivity index (χ2n) is 4.72. The van der Waals surface area contributed by atoms with Crippen molar-refractivity contribution >= 4 is 11.6 Å². The van der Waals surface area contributed by atoms with E-state index in [4.69, 9.17) is 5.84 Å². The summed E-state index contributed by atoms with van der Waals surface area (Å²) in [5, 5.41) is 3.44. The van der Waals surface area contributed by atoms with E-state index in [0.29, 0.717) is 5.82 Å². The van der Waals surface area contributed by atoms with Crippen molar-refractivity contribution in [1.82, 2.24) is 9.97 Å². The zero-order chi connectivity index (χ0) is 14.4. The zero-order valence-electron chi connectivity index (χ0n) is 11.9. The van der Waals surface area contributed by atoms with Crippen LogP contribution in [0.1, 0.15) is 37.4 Å². The number of hydrogen-bond donors (Lipinski definition) is 3. The lowest BCUT2D eigenvalue weighted by Crippen LogP contribution is -2.15. The first-order valence-corrected chi connectivity index (χ1v) is 6.88. The number of nitrogens with two attached hydrogens (primary N) is 1. The van der Waals surface area contributed by atoms with Crippen molar-refractivity contribution in [2.45, 2.75) is 32.7 Å². The standard InChI is InChI=1S/C15H21N5/c1-3-7-13-14(17-10-18-15(13)20-16)19-11(2)12-8-5-4-6-9-12/h4-6,8-11H,3,7,16H2,1-2H3,(H2,17,18,19,20). The van der Waals surface area contributed by atoms with E-state index in [-0.39, 0.29) is 6.04 Å². The van der Waals surface area contributed by atoms with Crippen LogP contribution in [0.25, 0.3) is 0 Å². The fraction of sp³-hybridized carbons (Fsp3) is 0.333. The molecule has 0 aliphatic rings. The van der Waals surface area contributed by atoms with E-state index >= 15 is 0 Å². The number of hydrogen-bond acceptors (Lipinski definition) is 5. The molecule has 0 saturated heterocycles. The number of anilines is 2. The zero-order valence-corrected chi connectivity index (χ0v) is 11.9. The fourth-order valence-electron chi connectivity index (χ4n) is 2.18. The van der Waals surface area contributed by atoms with Crippen LogP contribution in [-0.2, 0) is 6.42 Å². The van der Waals surface area contributed by atoms with Crippen LogP contribution >= 0.6 is 0 Å². The quantitative estimate of drug-likeness (QED) is 0.556. The molecule has 106 valence electrons. The molecule has 5 nitrogen and oxygen atoms in total. The number of aromatic nitrogens is 2. The summed E-state index contributed by atoms with van der Waals surface area (Å²) in [4.78, 5) is 8.52. The minimum Gasteiger partial charge on any atom is -0.363 e. The number of rotatable bonds is 6. The normalized spacial score (nSPS) is 11.9. The topological polar surface area (TPSA) is 75.9 Å². The first-order chi connectivity index (χ1) is 9.76. The van der Waals surface area contributed by atoms with Gasteiger partial charge in [0.15, 0.2) is 0 Å². The van der Waals surface area contributed by atoms with E-state index in [1.807, 2.05) is 18.2 Å². The Balaban J connectivity index is 2.24. The molecule has 1 aromatic heterocycles. The molecular weight excluding hydrogens is 250 g/mol. The maximum Gasteiger partial charge on any atom is 0.148 e. The Bertz CT molecular complexity index is 541. The van der Waals surface area contributed by atoms with Gasteiger partial charge in [0.1, 0.15) is 18.0 Å². The van der Waals surface area contributed by atoms with E-state index in [2.05, 4.69) is 46.7 Å². The highest BCUT2D eigenvalue weighted by Crippen LogP contribution is 2.25. The molecule has 1 atom stereocenters. The minimum absolute atomic E-state index is 0.173. The van der Waals surface area contributed by atoms with Gasteiger partial charge in [0.05, 0.1) is 0 Å². The van der Waals surface area contributed by atoms with Gasteiger partial charge >= 0.3 is 0 Å². The molecule has 2 rings (SSSR count). The van der Waals surface area contributed by atoms with Crippen molar-refractivity contribution in [2.24, 2.45) is 5.84 Å². The van der Waals surface area contributed by atoms with E-state index in [1.54, 1.807) is 0 Å². The predicted octanol–water partition coefficient (Wildman–Crippen LogP) is 2.89. The summed E-state index contributed by atoms with van der Waals surface area (Å²) in [6.07, 6.45) is 3.41. The largest absolute Gasteiger partial charge is 0.363 e. The Kier molecular flexibility index (Phi) is 4.90. The third kappa shape index (κ3) is 3.24. The molecule has 1 heterocycles. The first kappa shape index (κ1) is 14.3. The Morgan fingerprint density at radius 2 is 1.85 bits per heavy atom. The van der Waals surface area contributed by atoms with Gasteiger partial charge < -0.3 is 10.7 Å². The molecule has 0 aliphatic heterocycles. The molecule has 0 fully saturated rings. The van der Waals surface area contributed by atoms with Gasteiger partial charge in [-0.1, -0.05) is 43.7 Å². The van der Waals surface area contributed by atoms with Crippen LogP contribution in [0.5, 0.6) is 0 Å². The molecule has 2 aromatic rings. The summed E-state index contributed by atoms with van der Waals surface area (Å²) >= 11 is 0. The van der Waals surface area contributed by atoms with Crippen LogP contribution in [0.15, 0.2) is 36.7 Å². The van der Waals surface area contributed by atoms with Crippen LogP contribution in [0.2, 0.25) is 0 Å². The lowest BCUT2D eigenvalue weighted by atomic mass is 10.1. The Labute approximate surface area is 119 Å². The molecule has 5 heteroatoms. The van der Waals surface area contributed by atoms with Crippen LogP contribution in [0.4, 0.5) is 11.6 Å². The number of nitrogens with zero attached hydrogens (tertiary/aromatic N) is 2. The molecule has 0 amide bonds. The molecular formula is C15H21N5. The van der Waals surface area contributed by atoms with E-state index in [1.165, 1.54) is 11.9 Å². The van der Waals surface area contributed by atoms with Gasteiger partial charge in [-0.25, -0.2) is 15.8 Å². The van der Waals surface area contributed by atoms with Crippen molar-refractivity contribution in [1.29, 1.82) is 0 Å². The average Bonchev–Trinajstić information content (AvgIpc) is 2.50. The SMILES string of the molecule is CCCc1c(NN)ncnc1NC(C)c1ccccc1. The fourth-order valence-corrected chi connectivity index (χ4v) is 2.18. The van der Waals surface area contributed by atoms with Gasteiger partial charge in [-0.05, 0) is 18.9 Å². The van der Waals surface area contributed by atoms with Crippen molar-refractivity contribution in [3.8, 4) is 0 Å². The van der Waals surface area contributed by atoms with Gasteiger partial charge in [0.25, 0.3) is 0 Å². The molecule has 0 spiro atoms. The summed E-state index contributed by atoms with van der Waals surface area (Å²) in [6, 6.07) is 10.5. The molecule has 0 aliphatic carbocycles. The van der Waals surface area contributed by atoms with E-state index < -0.39 is 0 Å². The highest BCUT2D eigenvalue weighted by atomic mass is 15.3. The van der Waals surface area contributed by atoms with Crippen molar-refractivity contribution in [3.63, 3.8) is 0 Å². The van der Waals surface area contributed by atoms with Crippen molar-refractivity contribution < 1.29 is 0 Å². The Morgan fingerprint density at radius 3 is 2.50 bits per heavy atom. The van der Waals surface area contributed by atoms with Crippen LogP contribution in [0, 0.1) is 0 Å². The lowest BCUT2D eigenvalue weighted by Gasteiger charge is -2.18. The average molecular weight is 271 g/mol. The molecule has 0 radical (unpaired) electrons. The third-order valence-corrected chi connectivity index (χ3v) is 3.23. The predicted molar refractivity (Wildman–Crippen MR) is 82.3 cm³/mol. The van der Waals surface area contributed by atoms with Crippen molar-refractivity contribution in [3.05, 3.63) is 47.8 Å². The molecule has 0 saturated carbocycles. The van der Waals surface area contributed by atoms with Crippen LogP contribution < -0.4 is 16.6 Å². The van der Waals surface area contributed by atoms with Gasteiger partial charge in [0, 0.05) is 11.6 Å². The van der Waals surface area contributed by atoms with Gasteiger partial charge in [-0.15, -0.1) is 0 Å². The second kappa shape index (κ2) is 6.86. The maximum atomic E-state index is 5.52. The van der Waals surface area contributed by atoms with E-state index in [9.17, 15) is 0 Å². The lowest BCUT2D eigenvalue weighted by molar-refractivity contribution is 0.847. The summed E-state index contributed by atoms with van der Waals surface area (Å²) in [5.74, 6) is 7.05. The summed E-state index contributed by atoms with van der Waals surface area (Å²) in [5.41, 5.74) is 4.89.